The van der Waals surface area contributed by atoms with Crippen molar-refractivity contribution in [1.29, 1.82) is 0 Å². The van der Waals surface area contributed by atoms with Crippen LogP contribution < -0.4 is 15.4 Å². The van der Waals surface area contributed by atoms with Crippen molar-refractivity contribution in [3.05, 3.63) is 18.2 Å². The highest BCUT2D eigenvalue weighted by atomic mass is 16.5. The molecule has 1 aliphatic rings. The molecule has 3 N–H and O–H groups in total. The summed E-state index contributed by atoms with van der Waals surface area (Å²) in [5, 5.41) is 9.19. The second-order valence-corrected chi connectivity index (χ2v) is 5.14. The van der Waals surface area contributed by atoms with E-state index >= 15 is 0 Å². The molecule has 0 saturated carbocycles. The normalized spacial score (nSPS) is 19.6. The lowest BCUT2D eigenvalue weighted by molar-refractivity contribution is 0.238. The van der Waals surface area contributed by atoms with Gasteiger partial charge in [-0.2, -0.15) is 0 Å². The van der Waals surface area contributed by atoms with Crippen LogP contribution in [0.25, 0.3) is 0 Å². The van der Waals surface area contributed by atoms with E-state index in [4.69, 9.17) is 10.5 Å². The zero-order valence-corrected chi connectivity index (χ0v) is 11.1. The maximum atomic E-state index is 9.19. The minimum absolute atomic E-state index is 0.117. The fourth-order valence-corrected chi connectivity index (χ4v) is 2.37. The second-order valence-electron chi connectivity index (χ2n) is 5.14. The molecule has 1 aliphatic heterocycles. The molecular weight excluding hydrogens is 228 g/mol. The maximum absolute atomic E-state index is 9.19. The first kappa shape index (κ1) is 13.0. The standard InChI is InChI=1S/C14H22N2O2/c1-10(2)18-13-5-3-4-12(14(13)15)16-7-6-11(8-16)9-17/h3-5,10-11,17H,6-9,15H2,1-2H3. The van der Waals surface area contributed by atoms with Crippen LogP contribution in [0.3, 0.4) is 0 Å². The molecule has 0 aliphatic carbocycles. The van der Waals surface area contributed by atoms with E-state index < -0.39 is 0 Å². The summed E-state index contributed by atoms with van der Waals surface area (Å²) in [6, 6.07) is 5.89. The third-order valence-electron chi connectivity index (χ3n) is 3.29. The van der Waals surface area contributed by atoms with E-state index in [0.29, 0.717) is 11.6 Å². The third kappa shape index (κ3) is 2.70. The van der Waals surface area contributed by atoms with Crippen molar-refractivity contribution < 1.29 is 9.84 Å². The molecule has 1 saturated heterocycles. The SMILES string of the molecule is CC(C)Oc1cccc(N2CCC(CO)C2)c1N. The predicted molar refractivity (Wildman–Crippen MR) is 74.0 cm³/mol. The van der Waals surface area contributed by atoms with Crippen molar-refractivity contribution in [1.82, 2.24) is 0 Å². The van der Waals surface area contributed by atoms with Crippen molar-refractivity contribution in [2.75, 3.05) is 30.3 Å². The summed E-state index contributed by atoms with van der Waals surface area (Å²) < 4.78 is 5.70. The van der Waals surface area contributed by atoms with E-state index in [1.165, 1.54) is 0 Å². The molecular formula is C14H22N2O2. The van der Waals surface area contributed by atoms with Crippen LogP contribution in [0.4, 0.5) is 11.4 Å². The average Bonchev–Trinajstić information content (AvgIpc) is 2.80. The van der Waals surface area contributed by atoms with Crippen molar-refractivity contribution in [2.24, 2.45) is 5.92 Å². The van der Waals surface area contributed by atoms with E-state index in [2.05, 4.69) is 4.90 Å². The van der Waals surface area contributed by atoms with Gasteiger partial charge < -0.3 is 20.5 Å². The molecule has 2 rings (SSSR count). The van der Waals surface area contributed by atoms with Gasteiger partial charge >= 0.3 is 0 Å². The Balaban J connectivity index is 2.18. The number of nitrogens with two attached hydrogens (primary N) is 1. The highest BCUT2D eigenvalue weighted by molar-refractivity contribution is 5.74. The van der Waals surface area contributed by atoms with Gasteiger partial charge in [-0.15, -0.1) is 0 Å². The molecule has 0 spiro atoms. The molecule has 4 nitrogen and oxygen atoms in total. The first-order chi connectivity index (χ1) is 8.61. The Bertz CT molecular complexity index is 407. The lowest BCUT2D eigenvalue weighted by atomic mass is 10.1. The molecule has 1 unspecified atom stereocenters. The number of hydrogen-bond donors (Lipinski definition) is 2. The van der Waals surface area contributed by atoms with Crippen LogP contribution in [0.1, 0.15) is 20.3 Å². The van der Waals surface area contributed by atoms with Gasteiger partial charge in [-0.3, -0.25) is 0 Å². The van der Waals surface area contributed by atoms with Gasteiger partial charge in [0.05, 0.1) is 17.5 Å². The summed E-state index contributed by atoms with van der Waals surface area (Å²) >= 11 is 0. The summed E-state index contributed by atoms with van der Waals surface area (Å²) in [4.78, 5) is 2.23. The fraction of sp³-hybridized carbons (Fsp3) is 0.571. The summed E-state index contributed by atoms with van der Waals surface area (Å²) in [5.41, 5.74) is 7.89. The lowest BCUT2D eigenvalue weighted by Gasteiger charge is -2.22. The minimum Gasteiger partial charge on any atom is -0.489 e. The maximum Gasteiger partial charge on any atom is 0.144 e. The van der Waals surface area contributed by atoms with Crippen LogP contribution in [0.5, 0.6) is 5.75 Å². The molecule has 100 valence electrons. The van der Waals surface area contributed by atoms with E-state index in [1.54, 1.807) is 0 Å². The lowest BCUT2D eigenvalue weighted by Crippen LogP contribution is -2.22. The number of benzene rings is 1. The smallest absolute Gasteiger partial charge is 0.144 e. The van der Waals surface area contributed by atoms with Crippen LogP contribution in [0.15, 0.2) is 18.2 Å². The van der Waals surface area contributed by atoms with Gasteiger partial charge in [-0.1, -0.05) is 6.07 Å². The Morgan fingerprint density at radius 2 is 2.28 bits per heavy atom. The largest absolute Gasteiger partial charge is 0.489 e. The summed E-state index contributed by atoms with van der Waals surface area (Å²) in [6.45, 7) is 6.04. The van der Waals surface area contributed by atoms with Crippen LogP contribution in [0, 0.1) is 5.92 Å². The zero-order chi connectivity index (χ0) is 13.1. The molecule has 1 atom stereocenters. The van der Waals surface area contributed by atoms with Crippen molar-refractivity contribution in [3.8, 4) is 5.75 Å². The summed E-state index contributed by atoms with van der Waals surface area (Å²) in [7, 11) is 0. The van der Waals surface area contributed by atoms with Gasteiger partial charge in [0.2, 0.25) is 0 Å². The molecule has 0 aromatic heterocycles. The van der Waals surface area contributed by atoms with E-state index in [1.807, 2.05) is 32.0 Å². The van der Waals surface area contributed by atoms with Crippen LogP contribution in [-0.4, -0.2) is 30.9 Å². The number of para-hydroxylation sites is 1. The number of nitrogens with zero attached hydrogens (tertiary/aromatic N) is 1. The first-order valence-corrected chi connectivity index (χ1v) is 6.52. The highest BCUT2D eigenvalue weighted by Gasteiger charge is 2.24. The monoisotopic (exact) mass is 250 g/mol. The van der Waals surface area contributed by atoms with Gasteiger partial charge in [0.15, 0.2) is 0 Å². The van der Waals surface area contributed by atoms with Gasteiger partial charge in [-0.05, 0) is 32.4 Å². The van der Waals surface area contributed by atoms with Crippen LogP contribution >= 0.6 is 0 Å². The fourth-order valence-electron chi connectivity index (χ4n) is 2.37. The van der Waals surface area contributed by atoms with Crippen molar-refractivity contribution in [2.45, 2.75) is 26.4 Å². The van der Waals surface area contributed by atoms with Gasteiger partial charge in [0.25, 0.3) is 0 Å². The Morgan fingerprint density at radius 1 is 1.50 bits per heavy atom. The van der Waals surface area contributed by atoms with E-state index in [9.17, 15) is 5.11 Å². The van der Waals surface area contributed by atoms with Crippen LogP contribution in [-0.2, 0) is 0 Å². The predicted octanol–water partition coefficient (Wildman–Crippen LogP) is 1.87. The Morgan fingerprint density at radius 3 is 2.89 bits per heavy atom. The third-order valence-corrected chi connectivity index (χ3v) is 3.29. The van der Waals surface area contributed by atoms with Gasteiger partial charge in [0.1, 0.15) is 5.75 Å². The van der Waals surface area contributed by atoms with E-state index in [0.717, 1.165) is 30.9 Å². The molecule has 1 fully saturated rings. The quantitative estimate of drug-likeness (QED) is 0.801. The number of nitrogen functional groups attached to an aromatic ring is 1. The van der Waals surface area contributed by atoms with Gasteiger partial charge in [-0.25, -0.2) is 0 Å². The highest BCUT2D eigenvalue weighted by Crippen LogP contribution is 2.35. The summed E-state index contributed by atoms with van der Waals surface area (Å²) in [6.07, 6.45) is 1.14. The molecule has 0 amide bonds. The van der Waals surface area contributed by atoms with Crippen molar-refractivity contribution >= 4 is 11.4 Å². The average molecular weight is 250 g/mol. The molecule has 4 heteroatoms. The molecule has 1 aromatic carbocycles. The number of hydrogen-bond acceptors (Lipinski definition) is 4. The molecule has 1 heterocycles. The zero-order valence-electron chi connectivity index (χ0n) is 11.1. The molecule has 0 radical (unpaired) electrons. The second kappa shape index (κ2) is 5.48. The molecule has 0 bridgehead atoms. The molecule has 18 heavy (non-hydrogen) atoms. The molecule has 1 aromatic rings. The number of anilines is 2. The number of aliphatic hydroxyl groups is 1. The Kier molecular flexibility index (Phi) is 3.97. The topological polar surface area (TPSA) is 58.7 Å². The van der Waals surface area contributed by atoms with Crippen LogP contribution in [0.2, 0.25) is 0 Å². The Labute approximate surface area is 108 Å². The minimum atomic E-state index is 0.117. The van der Waals surface area contributed by atoms with Gasteiger partial charge in [0, 0.05) is 25.6 Å². The van der Waals surface area contributed by atoms with Crippen molar-refractivity contribution in [3.63, 3.8) is 0 Å². The Hall–Kier alpha value is -1.42. The first-order valence-electron chi connectivity index (χ1n) is 6.52. The number of aliphatic hydroxyl groups excluding tert-OH is 1. The number of ether oxygens (including phenoxy) is 1. The number of rotatable bonds is 4. The van der Waals surface area contributed by atoms with E-state index in [-0.39, 0.29) is 12.7 Å². The summed E-state index contributed by atoms with van der Waals surface area (Å²) in [5.74, 6) is 1.11.